The number of nitrogens with zero attached hydrogens (tertiary/aromatic N) is 3. The fourth-order valence-corrected chi connectivity index (χ4v) is 6.19. The summed E-state index contributed by atoms with van der Waals surface area (Å²) in [4.78, 5) is 33.7. The summed E-state index contributed by atoms with van der Waals surface area (Å²) in [5, 5.41) is 3.39. The summed E-state index contributed by atoms with van der Waals surface area (Å²) in [5.41, 5.74) is 0. The number of hydrogen-bond donors (Lipinski definition) is 1. The molecule has 3 rings (SSSR count). The summed E-state index contributed by atoms with van der Waals surface area (Å²) < 4.78 is 0. The molecular weight excluding hydrogens is 400 g/mol. The predicted molar refractivity (Wildman–Crippen MR) is 130 cm³/mol. The van der Waals surface area contributed by atoms with Gasteiger partial charge in [0.05, 0.1) is 6.04 Å². The predicted octanol–water partition coefficient (Wildman–Crippen LogP) is 3.36. The van der Waals surface area contributed by atoms with Gasteiger partial charge in [-0.3, -0.25) is 9.59 Å². The molecule has 0 radical (unpaired) electrons. The van der Waals surface area contributed by atoms with Gasteiger partial charge in [0.15, 0.2) is 0 Å². The molecule has 3 heterocycles. The number of carbonyl (C=O) groups excluding carboxylic acids is 2. The average Bonchev–Trinajstić information content (AvgIpc) is 3.11. The topological polar surface area (TPSA) is 55.9 Å². The second kappa shape index (κ2) is 11.3. The molecule has 0 bridgehead atoms. The van der Waals surface area contributed by atoms with Crippen molar-refractivity contribution in [1.82, 2.24) is 20.0 Å². The number of hydrogen-bond acceptors (Lipinski definition) is 4. The van der Waals surface area contributed by atoms with Gasteiger partial charge in [-0.25, -0.2) is 0 Å². The van der Waals surface area contributed by atoms with Crippen molar-refractivity contribution in [2.45, 2.75) is 104 Å². The Kier molecular flexibility index (Phi) is 9.02. The second-order valence-electron chi connectivity index (χ2n) is 11.6. The van der Waals surface area contributed by atoms with Gasteiger partial charge >= 0.3 is 0 Å². The zero-order chi connectivity index (χ0) is 23.4. The van der Waals surface area contributed by atoms with Crippen molar-refractivity contribution in [2.75, 3.05) is 33.2 Å². The summed E-state index contributed by atoms with van der Waals surface area (Å²) in [7, 11) is 2.26. The summed E-state index contributed by atoms with van der Waals surface area (Å²) in [6.45, 7) is 14.3. The molecule has 3 fully saturated rings. The van der Waals surface area contributed by atoms with E-state index in [4.69, 9.17) is 0 Å². The highest BCUT2D eigenvalue weighted by molar-refractivity contribution is 5.90. The zero-order valence-electron chi connectivity index (χ0n) is 21.5. The summed E-state index contributed by atoms with van der Waals surface area (Å²) >= 11 is 0. The number of nitrogens with one attached hydrogen (secondary N) is 1. The van der Waals surface area contributed by atoms with E-state index in [2.05, 4.69) is 56.8 Å². The molecule has 6 nitrogen and oxygen atoms in total. The van der Waals surface area contributed by atoms with Crippen molar-refractivity contribution in [3.05, 3.63) is 0 Å². The van der Waals surface area contributed by atoms with Gasteiger partial charge in [0.1, 0.15) is 6.04 Å². The lowest BCUT2D eigenvalue weighted by Gasteiger charge is -2.44. The molecule has 3 aliphatic rings. The van der Waals surface area contributed by atoms with Gasteiger partial charge < -0.3 is 20.0 Å². The van der Waals surface area contributed by atoms with Crippen LogP contribution >= 0.6 is 0 Å². The average molecular weight is 449 g/mol. The van der Waals surface area contributed by atoms with E-state index in [0.29, 0.717) is 24.3 Å². The van der Waals surface area contributed by atoms with Crippen LogP contribution in [0.2, 0.25) is 0 Å². The van der Waals surface area contributed by atoms with Crippen molar-refractivity contribution in [1.29, 1.82) is 0 Å². The highest BCUT2D eigenvalue weighted by Gasteiger charge is 2.41. The standard InChI is InChI=1S/C26H48N4O2/c1-18(2)14-23-25(31)30(13-10-27-23)24(15-19(3)4)26(32)29-12-9-21(16-20(29)5)17-22-8-7-11-28(22)6/h18-24,27H,7-17H2,1-6H3/t20-,21?,22?,23-,24?/m0/s1. The van der Waals surface area contributed by atoms with Crippen molar-refractivity contribution >= 4 is 11.8 Å². The molecule has 1 N–H and O–H groups in total. The van der Waals surface area contributed by atoms with Gasteiger partial charge in [-0.05, 0) is 83.2 Å². The molecule has 0 saturated carbocycles. The van der Waals surface area contributed by atoms with Crippen LogP contribution < -0.4 is 5.32 Å². The Morgan fingerprint density at radius 3 is 2.44 bits per heavy atom. The molecule has 0 spiro atoms. The summed E-state index contributed by atoms with van der Waals surface area (Å²) in [6.07, 6.45) is 7.68. The van der Waals surface area contributed by atoms with E-state index in [1.54, 1.807) is 0 Å². The van der Waals surface area contributed by atoms with E-state index < -0.39 is 0 Å². The Balaban J connectivity index is 1.66. The van der Waals surface area contributed by atoms with E-state index in [1.165, 1.54) is 25.8 Å². The first-order valence-electron chi connectivity index (χ1n) is 13.2. The van der Waals surface area contributed by atoms with E-state index in [9.17, 15) is 9.59 Å². The Hall–Kier alpha value is -1.14. The van der Waals surface area contributed by atoms with Gasteiger partial charge in [-0.1, -0.05) is 27.7 Å². The minimum absolute atomic E-state index is 0.121. The van der Waals surface area contributed by atoms with Gasteiger partial charge in [-0.2, -0.15) is 0 Å². The Bertz CT molecular complexity index is 637. The molecular formula is C26H48N4O2. The minimum atomic E-state index is -0.320. The van der Waals surface area contributed by atoms with E-state index in [-0.39, 0.29) is 29.9 Å². The van der Waals surface area contributed by atoms with Crippen LogP contribution in [0, 0.1) is 17.8 Å². The molecule has 3 unspecified atom stereocenters. The summed E-state index contributed by atoms with van der Waals surface area (Å²) in [5.74, 6) is 1.84. The monoisotopic (exact) mass is 448 g/mol. The van der Waals surface area contributed by atoms with Crippen LogP contribution in [0.1, 0.15) is 79.6 Å². The fourth-order valence-electron chi connectivity index (χ4n) is 6.19. The number of rotatable bonds is 8. The lowest BCUT2D eigenvalue weighted by Crippen LogP contribution is -2.62. The quantitative estimate of drug-likeness (QED) is 0.619. The van der Waals surface area contributed by atoms with Crippen LogP contribution in [-0.4, -0.2) is 83.9 Å². The smallest absolute Gasteiger partial charge is 0.245 e. The first-order valence-corrected chi connectivity index (χ1v) is 13.2. The van der Waals surface area contributed by atoms with E-state index in [1.807, 2.05) is 4.90 Å². The van der Waals surface area contributed by atoms with Crippen LogP contribution in [0.5, 0.6) is 0 Å². The Labute approximate surface area is 196 Å². The molecule has 0 aliphatic carbocycles. The third-order valence-corrected chi connectivity index (χ3v) is 7.93. The van der Waals surface area contributed by atoms with Crippen molar-refractivity contribution in [3.63, 3.8) is 0 Å². The molecule has 5 atom stereocenters. The van der Waals surface area contributed by atoms with Crippen LogP contribution in [0.25, 0.3) is 0 Å². The molecule has 32 heavy (non-hydrogen) atoms. The van der Waals surface area contributed by atoms with Crippen molar-refractivity contribution in [2.24, 2.45) is 17.8 Å². The third kappa shape index (κ3) is 6.25. The van der Waals surface area contributed by atoms with Gasteiger partial charge in [0.2, 0.25) is 11.8 Å². The van der Waals surface area contributed by atoms with Gasteiger partial charge in [-0.15, -0.1) is 0 Å². The van der Waals surface area contributed by atoms with E-state index in [0.717, 1.165) is 44.8 Å². The number of piperazine rings is 1. The molecule has 0 aromatic heterocycles. The van der Waals surface area contributed by atoms with Gasteiger partial charge in [0.25, 0.3) is 0 Å². The fraction of sp³-hybridized carbons (Fsp3) is 0.923. The van der Waals surface area contributed by atoms with Crippen molar-refractivity contribution < 1.29 is 9.59 Å². The van der Waals surface area contributed by atoms with Crippen LogP contribution in [0.15, 0.2) is 0 Å². The molecule has 0 aromatic rings. The maximum Gasteiger partial charge on any atom is 0.245 e. The van der Waals surface area contributed by atoms with Crippen LogP contribution in [0.3, 0.4) is 0 Å². The van der Waals surface area contributed by atoms with E-state index >= 15 is 0 Å². The number of carbonyl (C=O) groups is 2. The van der Waals surface area contributed by atoms with Crippen LogP contribution in [0.4, 0.5) is 0 Å². The van der Waals surface area contributed by atoms with Crippen molar-refractivity contribution in [3.8, 4) is 0 Å². The molecule has 184 valence electrons. The maximum absolute atomic E-state index is 13.8. The Morgan fingerprint density at radius 2 is 1.84 bits per heavy atom. The lowest BCUT2D eigenvalue weighted by molar-refractivity contribution is -0.152. The SMILES string of the molecule is CC(C)CC(C(=O)N1CCC(CC2CCCN2C)C[C@@H]1C)N1CCN[C@@H](CC(C)C)C1=O. The second-order valence-corrected chi connectivity index (χ2v) is 11.6. The number of piperidine rings is 1. The maximum atomic E-state index is 13.8. The minimum Gasteiger partial charge on any atom is -0.338 e. The number of likely N-dealkylation sites (tertiary alicyclic amines) is 2. The highest BCUT2D eigenvalue weighted by Crippen LogP contribution is 2.32. The Morgan fingerprint density at radius 1 is 1.09 bits per heavy atom. The normalized spacial score (nSPS) is 31.1. The summed E-state index contributed by atoms with van der Waals surface area (Å²) in [6, 6.07) is 0.503. The molecule has 2 amide bonds. The molecule has 3 aliphatic heterocycles. The third-order valence-electron chi connectivity index (χ3n) is 7.93. The van der Waals surface area contributed by atoms with Gasteiger partial charge in [0, 0.05) is 31.7 Å². The first-order chi connectivity index (χ1) is 15.2. The molecule has 3 saturated heterocycles. The lowest BCUT2D eigenvalue weighted by atomic mass is 9.85. The zero-order valence-corrected chi connectivity index (χ0v) is 21.5. The van der Waals surface area contributed by atoms with Crippen LogP contribution in [-0.2, 0) is 9.59 Å². The molecule has 6 heteroatoms. The molecule has 0 aromatic carbocycles. The largest absolute Gasteiger partial charge is 0.338 e. The first kappa shape index (κ1) is 25.5. The highest BCUT2D eigenvalue weighted by atomic mass is 16.2. The number of amides is 2.